The van der Waals surface area contributed by atoms with Crippen LogP contribution in [-0.2, 0) is 16.6 Å². The number of carbonyl (C=O) groups is 1. The average Bonchev–Trinajstić information content (AvgIpc) is 2.68. The molecule has 0 aliphatic heterocycles. The fraction of sp³-hybridized carbons (Fsp3) is 0.353. The standard InChI is InChI=1S/C17H22ClN5O3S/c1-4-23(5-2)17-21-11-14(18)15(22-17)16(24)20-10-12-7-6-8-13(9-12)27(25,26)19-3/h6-9,11,19H,4-5,10H2,1-3H3,(H,20,24). The van der Waals surface area contributed by atoms with Gasteiger partial charge >= 0.3 is 0 Å². The van der Waals surface area contributed by atoms with Gasteiger partial charge in [-0.2, -0.15) is 0 Å². The molecule has 10 heteroatoms. The van der Waals surface area contributed by atoms with E-state index in [2.05, 4.69) is 20.0 Å². The molecular weight excluding hydrogens is 390 g/mol. The van der Waals surface area contributed by atoms with Gasteiger partial charge in [-0.05, 0) is 38.6 Å². The molecule has 0 spiro atoms. The largest absolute Gasteiger partial charge is 0.347 e. The summed E-state index contributed by atoms with van der Waals surface area (Å²) >= 11 is 6.08. The molecule has 1 heterocycles. The summed E-state index contributed by atoms with van der Waals surface area (Å²) in [7, 11) is -2.21. The molecule has 2 N–H and O–H groups in total. The lowest BCUT2D eigenvalue weighted by molar-refractivity contribution is 0.0946. The van der Waals surface area contributed by atoms with Crippen molar-refractivity contribution in [1.29, 1.82) is 0 Å². The Morgan fingerprint density at radius 3 is 2.59 bits per heavy atom. The van der Waals surface area contributed by atoms with Crippen molar-refractivity contribution in [3.8, 4) is 0 Å². The van der Waals surface area contributed by atoms with Crippen molar-refractivity contribution >= 4 is 33.5 Å². The number of benzene rings is 1. The van der Waals surface area contributed by atoms with Crippen LogP contribution in [0.4, 0.5) is 5.95 Å². The quantitative estimate of drug-likeness (QED) is 0.686. The minimum absolute atomic E-state index is 0.0765. The van der Waals surface area contributed by atoms with Crippen LogP contribution in [0.5, 0.6) is 0 Å². The molecule has 146 valence electrons. The maximum atomic E-state index is 12.5. The maximum absolute atomic E-state index is 12.5. The zero-order chi connectivity index (χ0) is 20.0. The summed E-state index contributed by atoms with van der Waals surface area (Å²) in [6, 6.07) is 6.31. The molecule has 2 aromatic rings. The van der Waals surface area contributed by atoms with Crippen LogP contribution in [0.2, 0.25) is 5.02 Å². The van der Waals surface area contributed by atoms with Crippen LogP contribution in [0.1, 0.15) is 29.9 Å². The third-order valence-electron chi connectivity index (χ3n) is 3.92. The van der Waals surface area contributed by atoms with Gasteiger partial charge in [-0.1, -0.05) is 23.7 Å². The number of hydrogen-bond donors (Lipinski definition) is 2. The zero-order valence-electron chi connectivity index (χ0n) is 15.4. The Balaban J connectivity index is 2.17. The van der Waals surface area contributed by atoms with Gasteiger partial charge in [-0.25, -0.2) is 23.1 Å². The van der Waals surface area contributed by atoms with E-state index in [1.165, 1.54) is 25.4 Å². The molecule has 1 amide bonds. The first-order valence-corrected chi connectivity index (χ1v) is 10.3. The summed E-state index contributed by atoms with van der Waals surface area (Å²) in [4.78, 5) is 22.9. The second-order valence-corrected chi connectivity index (χ2v) is 7.87. The fourth-order valence-electron chi connectivity index (χ4n) is 2.38. The molecule has 1 aromatic carbocycles. The average molecular weight is 412 g/mol. The number of anilines is 1. The minimum Gasteiger partial charge on any atom is -0.347 e. The summed E-state index contributed by atoms with van der Waals surface area (Å²) in [6.45, 7) is 5.46. The molecule has 27 heavy (non-hydrogen) atoms. The molecule has 0 atom stereocenters. The number of nitrogens with one attached hydrogen (secondary N) is 2. The Labute approximate surface area is 164 Å². The number of aromatic nitrogens is 2. The van der Waals surface area contributed by atoms with Crippen LogP contribution < -0.4 is 14.9 Å². The fourth-order valence-corrected chi connectivity index (χ4v) is 3.36. The summed E-state index contributed by atoms with van der Waals surface area (Å²) < 4.78 is 26.0. The van der Waals surface area contributed by atoms with E-state index in [4.69, 9.17) is 11.6 Å². The van der Waals surface area contributed by atoms with Crippen molar-refractivity contribution in [1.82, 2.24) is 20.0 Å². The number of carbonyl (C=O) groups excluding carboxylic acids is 1. The monoisotopic (exact) mass is 411 g/mol. The van der Waals surface area contributed by atoms with E-state index >= 15 is 0 Å². The van der Waals surface area contributed by atoms with Gasteiger partial charge in [-0.15, -0.1) is 0 Å². The molecule has 0 bridgehead atoms. The summed E-state index contributed by atoms with van der Waals surface area (Å²) in [5.41, 5.74) is 0.710. The van der Waals surface area contributed by atoms with E-state index in [-0.39, 0.29) is 22.2 Å². The highest BCUT2D eigenvalue weighted by Crippen LogP contribution is 2.17. The van der Waals surface area contributed by atoms with Crippen molar-refractivity contribution in [2.75, 3.05) is 25.0 Å². The predicted octanol–water partition coefficient (Wildman–Crippen LogP) is 1.81. The van der Waals surface area contributed by atoms with Gasteiger partial charge < -0.3 is 10.2 Å². The number of sulfonamides is 1. The minimum atomic E-state index is -3.55. The normalized spacial score (nSPS) is 11.3. The molecule has 0 saturated heterocycles. The lowest BCUT2D eigenvalue weighted by Gasteiger charge is -2.19. The lowest BCUT2D eigenvalue weighted by Crippen LogP contribution is -2.28. The van der Waals surface area contributed by atoms with Crippen molar-refractivity contribution in [2.24, 2.45) is 0 Å². The van der Waals surface area contributed by atoms with E-state index < -0.39 is 15.9 Å². The van der Waals surface area contributed by atoms with E-state index in [1.807, 2.05) is 18.7 Å². The third kappa shape index (κ3) is 5.15. The molecule has 1 aromatic heterocycles. The van der Waals surface area contributed by atoms with Crippen molar-refractivity contribution in [3.63, 3.8) is 0 Å². The van der Waals surface area contributed by atoms with Crippen molar-refractivity contribution in [2.45, 2.75) is 25.3 Å². The van der Waals surface area contributed by atoms with Gasteiger partial charge in [0.15, 0.2) is 5.69 Å². The molecule has 8 nitrogen and oxygen atoms in total. The van der Waals surface area contributed by atoms with Gasteiger partial charge in [0.05, 0.1) is 16.1 Å². The third-order valence-corrected chi connectivity index (χ3v) is 5.61. The van der Waals surface area contributed by atoms with Gasteiger partial charge in [-0.3, -0.25) is 4.79 Å². The van der Waals surface area contributed by atoms with E-state index in [0.717, 1.165) is 0 Å². The van der Waals surface area contributed by atoms with E-state index in [9.17, 15) is 13.2 Å². The number of nitrogens with zero attached hydrogens (tertiary/aromatic N) is 3. The SMILES string of the molecule is CCN(CC)c1ncc(Cl)c(C(=O)NCc2cccc(S(=O)(=O)NC)c2)n1. The second kappa shape index (κ2) is 9.12. The smallest absolute Gasteiger partial charge is 0.271 e. The number of hydrogen-bond acceptors (Lipinski definition) is 6. The summed E-state index contributed by atoms with van der Waals surface area (Å²) in [6.07, 6.45) is 1.40. The van der Waals surface area contributed by atoms with Crippen LogP contribution in [0.3, 0.4) is 0 Å². The molecular formula is C17H22ClN5O3S. The molecule has 0 radical (unpaired) electrons. The highest BCUT2D eigenvalue weighted by Gasteiger charge is 2.17. The molecule has 0 aliphatic rings. The van der Waals surface area contributed by atoms with Crippen LogP contribution in [0, 0.1) is 0 Å². The number of halogens is 1. The Morgan fingerprint density at radius 1 is 1.26 bits per heavy atom. The maximum Gasteiger partial charge on any atom is 0.271 e. The Kier molecular flexibility index (Phi) is 7.11. The Morgan fingerprint density at radius 2 is 1.96 bits per heavy atom. The molecule has 0 saturated carbocycles. The number of amides is 1. The predicted molar refractivity (Wildman–Crippen MR) is 104 cm³/mol. The van der Waals surface area contributed by atoms with Gasteiger partial charge in [0.2, 0.25) is 16.0 Å². The van der Waals surface area contributed by atoms with Gasteiger partial charge in [0, 0.05) is 19.6 Å². The highest BCUT2D eigenvalue weighted by atomic mass is 35.5. The lowest BCUT2D eigenvalue weighted by atomic mass is 10.2. The van der Waals surface area contributed by atoms with Gasteiger partial charge in [0.25, 0.3) is 5.91 Å². The Bertz CT molecular complexity index is 917. The van der Waals surface area contributed by atoms with Crippen LogP contribution in [0.15, 0.2) is 35.4 Å². The summed E-state index contributed by atoms with van der Waals surface area (Å²) in [5, 5.41) is 2.86. The zero-order valence-corrected chi connectivity index (χ0v) is 16.9. The first-order chi connectivity index (χ1) is 12.8. The van der Waals surface area contributed by atoms with E-state index in [0.29, 0.717) is 24.6 Å². The molecule has 2 rings (SSSR count). The first-order valence-electron chi connectivity index (χ1n) is 8.40. The molecule has 0 fully saturated rings. The molecule has 0 aliphatic carbocycles. The van der Waals surface area contributed by atoms with Crippen LogP contribution >= 0.6 is 11.6 Å². The topological polar surface area (TPSA) is 104 Å². The van der Waals surface area contributed by atoms with Gasteiger partial charge in [0.1, 0.15) is 0 Å². The van der Waals surface area contributed by atoms with Crippen LogP contribution in [0.25, 0.3) is 0 Å². The van der Waals surface area contributed by atoms with Crippen LogP contribution in [-0.4, -0.2) is 44.4 Å². The summed E-state index contributed by atoms with van der Waals surface area (Å²) in [5.74, 6) is -0.0330. The Hall–Kier alpha value is -2.23. The van der Waals surface area contributed by atoms with Crippen molar-refractivity contribution in [3.05, 3.63) is 46.7 Å². The first kappa shape index (κ1) is 21.1. The molecule has 0 unspecified atom stereocenters. The second-order valence-electron chi connectivity index (χ2n) is 5.58. The highest BCUT2D eigenvalue weighted by molar-refractivity contribution is 7.89. The van der Waals surface area contributed by atoms with Crippen molar-refractivity contribution < 1.29 is 13.2 Å². The van der Waals surface area contributed by atoms with E-state index in [1.54, 1.807) is 12.1 Å². The number of rotatable bonds is 8.